The van der Waals surface area contributed by atoms with Crippen molar-refractivity contribution in [2.45, 2.75) is 19.8 Å². The summed E-state index contributed by atoms with van der Waals surface area (Å²) in [6, 6.07) is 6.60. The number of carbonyl (C=O) groups excluding carboxylic acids is 3. The van der Waals surface area contributed by atoms with E-state index in [9.17, 15) is 14.4 Å². The minimum Gasteiger partial charge on any atom is -0.494 e. The van der Waals surface area contributed by atoms with Gasteiger partial charge < -0.3 is 9.26 Å². The molecule has 1 saturated heterocycles. The van der Waals surface area contributed by atoms with Crippen molar-refractivity contribution < 1.29 is 23.6 Å². The summed E-state index contributed by atoms with van der Waals surface area (Å²) in [5, 5.41) is 6.87. The van der Waals surface area contributed by atoms with Gasteiger partial charge in [0.25, 0.3) is 0 Å². The average molecular weight is 359 g/mol. The van der Waals surface area contributed by atoms with Crippen LogP contribution in [0.15, 0.2) is 28.8 Å². The van der Waals surface area contributed by atoms with Crippen LogP contribution >= 0.6 is 0 Å². The number of ether oxygens (including phenoxy) is 1. The second-order valence-corrected chi connectivity index (χ2v) is 5.44. The zero-order valence-electron chi connectivity index (χ0n) is 14.0. The third-order valence-electron chi connectivity index (χ3n) is 3.51. The number of imide groups is 1. The van der Waals surface area contributed by atoms with E-state index >= 15 is 0 Å². The SMILES string of the molecule is CCOc1ccc(-c2noc(CCC(=O)NN3CC(=O)NC3=O)n2)cc1. The minimum absolute atomic E-state index is 0.0306. The zero-order valence-corrected chi connectivity index (χ0v) is 14.0. The standard InChI is InChI=1S/C16H17N5O5/c1-2-25-11-5-3-10(4-6-11)15-18-14(26-20-15)8-7-12(22)19-21-9-13(23)17-16(21)24/h3-6H,2,7-9H2,1H3,(H,19,22)(H,17,23,24). The number of hydrogen-bond donors (Lipinski definition) is 2. The molecular formula is C16H17N5O5. The van der Waals surface area contributed by atoms with E-state index in [0.29, 0.717) is 18.3 Å². The van der Waals surface area contributed by atoms with Crippen molar-refractivity contribution in [1.82, 2.24) is 25.9 Å². The molecule has 10 nitrogen and oxygen atoms in total. The summed E-state index contributed by atoms with van der Waals surface area (Å²) in [4.78, 5) is 38.5. The van der Waals surface area contributed by atoms with Gasteiger partial charge in [0.1, 0.15) is 12.3 Å². The lowest BCUT2D eigenvalue weighted by Crippen LogP contribution is -2.44. The first kappa shape index (κ1) is 17.4. The van der Waals surface area contributed by atoms with E-state index in [-0.39, 0.29) is 19.4 Å². The van der Waals surface area contributed by atoms with Crippen LogP contribution in [0.2, 0.25) is 0 Å². The third kappa shape index (κ3) is 4.15. The first-order valence-corrected chi connectivity index (χ1v) is 8.02. The van der Waals surface area contributed by atoms with Crippen LogP contribution in [0.3, 0.4) is 0 Å². The number of urea groups is 1. The van der Waals surface area contributed by atoms with Crippen molar-refractivity contribution in [2.24, 2.45) is 0 Å². The maximum absolute atomic E-state index is 11.9. The van der Waals surface area contributed by atoms with Gasteiger partial charge in [0.05, 0.1) is 6.61 Å². The molecule has 0 aliphatic carbocycles. The molecule has 1 aliphatic rings. The number of carbonyl (C=O) groups is 3. The van der Waals surface area contributed by atoms with Gasteiger partial charge in [0.15, 0.2) is 0 Å². The van der Waals surface area contributed by atoms with E-state index in [0.717, 1.165) is 16.3 Å². The monoisotopic (exact) mass is 359 g/mol. The fraction of sp³-hybridized carbons (Fsp3) is 0.312. The van der Waals surface area contributed by atoms with E-state index in [1.165, 1.54) is 0 Å². The Morgan fingerprint density at radius 2 is 2.12 bits per heavy atom. The first-order valence-electron chi connectivity index (χ1n) is 8.02. The highest BCUT2D eigenvalue weighted by Crippen LogP contribution is 2.20. The lowest BCUT2D eigenvalue weighted by atomic mass is 10.2. The molecule has 0 radical (unpaired) electrons. The fourth-order valence-electron chi connectivity index (χ4n) is 2.30. The molecule has 2 aromatic rings. The van der Waals surface area contributed by atoms with Gasteiger partial charge in [-0.25, -0.2) is 9.80 Å². The van der Waals surface area contributed by atoms with Gasteiger partial charge in [0.2, 0.25) is 23.5 Å². The topological polar surface area (TPSA) is 127 Å². The van der Waals surface area contributed by atoms with Crippen LogP contribution in [-0.4, -0.2) is 46.1 Å². The summed E-state index contributed by atoms with van der Waals surface area (Å²) in [5.41, 5.74) is 3.11. The number of rotatable bonds is 7. The number of hydrazine groups is 1. The van der Waals surface area contributed by atoms with Gasteiger partial charge in [0, 0.05) is 18.4 Å². The van der Waals surface area contributed by atoms with Gasteiger partial charge in [-0.15, -0.1) is 0 Å². The molecule has 1 aliphatic heterocycles. The molecule has 0 saturated carbocycles. The Balaban J connectivity index is 1.52. The van der Waals surface area contributed by atoms with Crippen LogP contribution in [-0.2, 0) is 16.0 Å². The van der Waals surface area contributed by atoms with Gasteiger partial charge in [-0.3, -0.25) is 20.3 Å². The molecule has 4 amide bonds. The predicted molar refractivity (Wildman–Crippen MR) is 87.6 cm³/mol. The Morgan fingerprint density at radius 1 is 1.35 bits per heavy atom. The van der Waals surface area contributed by atoms with Gasteiger partial charge in [-0.1, -0.05) is 5.16 Å². The zero-order chi connectivity index (χ0) is 18.5. The first-order chi connectivity index (χ1) is 12.5. The van der Waals surface area contributed by atoms with Gasteiger partial charge >= 0.3 is 6.03 Å². The van der Waals surface area contributed by atoms with Crippen LogP contribution in [0.1, 0.15) is 19.2 Å². The molecule has 2 N–H and O–H groups in total. The number of nitrogens with one attached hydrogen (secondary N) is 2. The highest BCUT2D eigenvalue weighted by molar-refractivity contribution is 6.02. The maximum atomic E-state index is 11.9. The van der Waals surface area contributed by atoms with Crippen LogP contribution < -0.4 is 15.5 Å². The normalized spacial score (nSPS) is 13.7. The number of hydrogen-bond acceptors (Lipinski definition) is 7. The van der Waals surface area contributed by atoms with E-state index in [1.54, 1.807) is 0 Å². The van der Waals surface area contributed by atoms with E-state index in [1.807, 2.05) is 31.2 Å². The summed E-state index contributed by atoms with van der Waals surface area (Å²) in [6.07, 6.45) is 0.238. The second-order valence-electron chi connectivity index (χ2n) is 5.44. The van der Waals surface area contributed by atoms with Crippen molar-refractivity contribution in [2.75, 3.05) is 13.2 Å². The molecule has 10 heteroatoms. The van der Waals surface area contributed by atoms with Crippen LogP contribution in [0.5, 0.6) is 5.75 Å². The number of aryl methyl sites for hydroxylation is 1. The van der Waals surface area contributed by atoms with Crippen molar-refractivity contribution >= 4 is 17.8 Å². The largest absolute Gasteiger partial charge is 0.494 e. The molecular weight excluding hydrogens is 342 g/mol. The minimum atomic E-state index is -0.654. The molecule has 136 valence electrons. The maximum Gasteiger partial charge on any atom is 0.343 e. The predicted octanol–water partition coefficient (Wildman–Crippen LogP) is 0.651. The van der Waals surface area contributed by atoms with Crippen molar-refractivity contribution in [3.05, 3.63) is 30.2 Å². The Morgan fingerprint density at radius 3 is 2.77 bits per heavy atom. The third-order valence-corrected chi connectivity index (χ3v) is 3.51. The lowest BCUT2D eigenvalue weighted by molar-refractivity contribution is -0.125. The Labute approximate surface area is 148 Å². The molecule has 1 aromatic heterocycles. The highest BCUT2D eigenvalue weighted by atomic mass is 16.5. The summed E-state index contributed by atoms with van der Waals surface area (Å²) in [5.74, 6) is 0.558. The lowest BCUT2D eigenvalue weighted by Gasteiger charge is -2.13. The van der Waals surface area contributed by atoms with Gasteiger partial charge in [-0.05, 0) is 31.2 Å². The quantitative estimate of drug-likeness (QED) is 0.695. The molecule has 26 heavy (non-hydrogen) atoms. The smallest absolute Gasteiger partial charge is 0.343 e. The van der Waals surface area contributed by atoms with Crippen LogP contribution in [0.25, 0.3) is 11.4 Å². The molecule has 0 atom stereocenters. The molecule has 1 fully saturated rings. The molecule has 2 heterocycles. The number of nitrogens with zero attached hydrogens (tertiary/aromatic N) is 3. The van der Waals surface area contributed by atoms with Crippen LogP contribution in [0.4, 0.5) is 4.79 Å². The Bertz CT molecular complexity index is 817. The molecule has 0 spiro atoms. The summed E-state index contributed by atoms with van der Waals surface area (Å²) in [6.45, 7) is 2.29. The number of aromatic nitrogens is 2. The summed E-state index contributed by atoms with van der Waals surface area (Å²) in [7, 11) is 0. The van der Waals surface area contributed by atoms with E-state index in [4.69, 9.17) is 9.26 Å². The Kier molecular flexibility index (Phi) is 5.11. The molecule has 0 bridgehead atoms. The fourth-order valence-corrected chi connectivity index (χ4v) is 2.30. The summed E-state index contributed by atoms with van der Waals surface area (Å²) >= 11 is 0. The van der Waals surface area contributed by atoms with E-state index in [2.05, 4.69) is 20.9 Å². The van der Waals surface area contributed by atoms with Crippen molar-refractivity contribution in [3.63, 3.8) is 0 Å². The number of benzene rings is 1. The summed E-state index contributed by atoms with van der Waals surface area (Å²) < 4.78 is 10.5. The molecule has 3 rings (SSSR count). The number of amides is 4. The van der Waals surface area contributed by atoms with E-state index < -0.39 is 17.8 Å². The molecule has 1 aromatic carbocycles. The average Bonchev–Trinajstić information content (AvgIpc) is 3.21. The van der Waals surface area contributed by atoms with Gasteiger partial charge in [-0.2, -0.15) is 4.98 Å². The highest BCUT2D eigenvalue weighted by Gasteiger charge is 2.28. The molecule has 0 unspecified atom stereocenters. The van der Waals surface area contributed by atoms with Crippen molar-refractivity contribution in [1.29, 1.82) is 0 Å². The van der Waals surface area contributed by atoms with Crippen molar-refractivity contribution in [3.8, 4) is 17.1 Å². The second kappa shape index (κ2) is 7.64. The Hall–Kier alpha value is -3.43. The van der Waals surface area contributed by atoms with Crippen LogP contribution in [0, 0.1) is 0 Å².